The average molecular weight is 246 g/mol. The lowest BCUT2D eigenvalue weighted by Crippen LogP contribution is -2.34. The Labute approximate surface area is 106 Å². The molecule has 2 nitrogen and oxygen atoms in total. The quantitative estimate of drug-likeness (QED) is 0.901. The van der Waals surface area contributed by atoms with Crippen LogP contribution in [0.25, 0.3) is 10.2 Å². The lowest BCUT2D eigenvalue weighted by molar-refractivity contribution is 0.517. The van der Waals surface area contributed by atoms with Gasteiger partial charge in [-0.3, -0.25) is 0 Å². The van der Waals surface area contributed by atoms with Crippen LogP contribution >= 0.6 is 11.3 Å². The Kier molecular flexibility index (Phi) is 2.49. The summed E-state index contributed by atoms with van der Waals surface area (Å²) >= 11 is 1.86. The lowest BCUT2D eigenvalue weighted by atomic mass is 9.96. The molecule has 0 radical (unpaired) electrons. The fourth-order valence-electron chi connectivity index (χ4n) is 2.13. The van der Waals surface area contributed by atoms with Crippen LogP contribution < -0.4 is 5.73 Å². The van der Waals surface area contributed by atoms with Crippen molar-refractivity contribution in [2.45, 2.75) is 44.6 Å². The van der Waals surface area contributed by atoms with E-state index in [4.69, 9.17) is 10.7 Å². The highest BCUT2D eigenvalue weighted by Crippen LogP contribution is 2.43. The van der Waals surface area contributed by atoms with Crippen molar-refractivity contribution in [3.8, 4) is 0 Å². The molecular formula is C14H18N2S. The maximum Gasteiger partial charge on any atom is 0.0969 e. The van der Waals surface area contributed by atoms with Crippen molar-refractivity contribution in [3.63, 3.8) is 0 Å². The molecule has 0 spiro atoms. The van der Waals surface area contributed by atoms with Gasteiger partial charge in [-0.25, -0.2) is 4.98 Å². The summed E-state index contributed by atoms with van der Waals surface area (Å²) in [5.41, 5.74) is 8.39. The molecule has 0 bridgehead atoms. The van der Waals surface area contributed by atoms with Gasteiger partial charge in [-0.1, -0.05) is 6.07 Å². The van der Waals surface area contributed by atoms with Crippen molar-refractivity contribution in [2.75, 3.05) is 0 Å². The topological polar surface area (TPSA) is 38.9 Å². The van der Waals surface area contributed by atoms with Crippen molar-refractivity contribution in [2.24, 2.45) is 5.73 Å². The molecule has 2 N–H and O–H groups in total. The minimum atomic E-state index is -0.141. The summed E-state index contributed by atoms with van der Waals surface area (Å²) in [5, 5.41) is 1.32. The van der Waals surface area contributed by atoms with E-state index < -0.39 is 0 Å². The maximum atomic E-state index is 6.06. The van der Waals surface area contributed by atoms with Gasteiger partial charge < -0.3 is 5.73 Å². The third kappa shape index (κ3) is 2.50. The first kappa shape index (κ1) is 11.2. The van der Waals surface area contributed by atoms with Gasteiger partial charge in [0.05, 0.1) is 15.2 Å². The second kappa shape index (κ2) is 3.79. The molecule has 2 aromatic rings. The summed E-state index contributed by atoms with van der Waals surface area (Å²) in [4.78, 5) is 4.70. The number of nitrogens with two attached hydrogens (primary N) is 1. The molecule has 0 amide bonds. The SMILES string of the molecule is CC(C)(N)Cc1ccc2nc(C3CC3)sc2c1. The van der Waals surface area contributed by atoms with E-state index in [9.17, 15) is 0 Å². The van der Waals surface area contributed by atoms with Gasteiger partial charge in [-0.2, -0.15) is 0 Å². The Bertz CT molecular complexity index is 547. The number of aromatic nitrogens is 1. The summed E-state index contributed by atoms with van der Waals surface area (Å²) in [5.74, 6) is 0.752. The zero-order valence-electron chi connectivity index (χ0n) is 10.4. The number of fused-ring (bicyclic) bond motifs is 1. The summed E-state index contributed by atoms with van der Waals surface area (Å²) in [6.07, 6.45) is 3.56. The molecule has 17 heavy (non-hydrogen) atoms. The zero-order chi connectivity index (χ0) is 12.0. The highest BCUT2D eigenvalue weighted by Gasteiger charge is 2.27. The second-order valence-corrected chi connectivity index (χ2v) is 6.86. The average Bonchev–Trinajstić information content (AvgIpc) is 2.96. The molecule has 1 heterocycles. The number of hydrogen-bond donors (Lipinski definition) is 1. The van der Waals surface area contributed by atoms with Crippen LogP contribution in [-0.2, 0) is 6.42 Å². The van der Waals surface area contributed by atoms with Gasteiger partial charge >= 0.3 is 0 Å². The number of hydrogen-bond acceptors (Lipinski definition) is 3. The number of nitrogens with zero attached hydrogens (tertiary/aromatic N) is 1. The van der Waals surface area contributed by atoms with Crippen molar-refractivity contribution < 1.29 is 0 Å². The molecule has 1 fully saturated rings. The Hall–Kier alpha value is -0.930. The van der Waals surface area contributed by atoms with Crippen LogP contribution in [0.15, 0.2) is 18.2 Å². The number of benzene rings is 1. The summed E-state index contributed by atoms with van der Waals surface area (Å²) in [6, 6.07) is 6.56. The minimum Gasteiger partial charge on any atom is -0.325 e. The molecule has 1 aliphatic rings. The van der Waals surface area contributed by atoms with E-state index in [2.05, 4.69) is 32.0 Å². The van der Waals surface area contributed by atoms with Crippen molar-refractivity contribution in [1.29, 1.82) is 0 Å². The first-order chi connectivity index (χ1) is 8.01. The van der Waals surface area contributed by atoms with Crippen LogP contribution in [0, 0.1) is 0 Å². The summed E-state index contributed by atoms with van der Waals surface area (Å²) in [6.45, 7) is 4.14. The fourth-order valence-corrected chi connectivity index (χ4v) is 3.33. The zero-order valence-corrected chi connectivity index (χ0v) is 11.2. The molecule has 1 saturated carbocycles. The van der Waals surface area contributed by atoms with E-state index >= 15 is 0 Å². The van der Waals surface area contributed by atoms with Crippen LogP contribution in [0.2, 0.25) is 0 Å². The lowest BCUT2D eigenvalue weighted by Gasteiger charge is -2.18. The third-order valence-corrected chi connectivity index (χ3v) is 4.24. The largest absolute Gasteiger partial charge is 0.325 e. The molecule has 1 aliphatic carbocycles. The van der Waals surface area contributed by atoms with E-state index in [0.717, 1.165) is 17.9 Å². The smallest absolute Gasteiger partial charge is 0.0969 e. The van der Waals surface area contributed by atoms with Gasteiger partial charge in [0.25, 0.3) is 0 Å². The third-order valence-electron chi connectivity index (χ3n) is 3.06. The predicted molar refractivity (Wildman–Crippen MR) is 73.6 cm³/mol. The van der Waals surface area contributed by atoms with E-state index in [1.165, 1.54) is 28.1 Å². The predicted octanol–water partition coefficient (Wildman–Crippen LogP) is 3.45. The van der Waals surface area contributed by atoms with E-state index in [1.54, 1.807) is 0 Å². The molecule has 0 unspecified atom stereocenters. The van der Waals surface area contributed by atoms with E-state index in [1.807, 2.05) is 11.3 Å². The molecule has 90 valence electrons. The first-order valence-electron chi connectivity index (χ1n) is 6.19. The van der Waals surface area contributed by atoms with Gasteiger partial charge in [0.1, 0.15) is 0 Å². The molecule has 1 aromatic heterocycles. The molecule has 0 aliphatic heterocycles. The summed E-state index contributed by atoms with van der Waals surface area (Å²) < 4.78 is 1.31. The Morgan fingerprint density at radius 1 is 1.41 bits per heavy atom. The van der Waals surface area contributed by atoms with Crippen molar-refractivity contribution in [3.05, 3.63) is 28.8 Å². The van der Waals surface area contributed by atoms with Gasteiger partial charge in [0.15, 0.2) is 0 Å². The fraction of sp³-hybridized carbons (Fsp3) is 0.500. The van der Waals surface area contributed by atoms with Crippen molar-refractivity contribution >= 4 is 21.6 Å². The Morgan fingerprint density at radius 2 is 2.18 bits per heavy atom. The Balaban J connectivity index is 1.94. The highest BCUT2D eigenvalue weighted by atomic mass is 32.1. The van der Waals surface area contributed by atoms with Gasteiger partial charge in [0, 0.05) is 11.5 Å². The molecule has 3 rings (SSSR count). The van der Waals surface area contributed by atoms with Crippen LogP contribution in [0.5, 0.6) is 0 Å². The van der Waals surface area contributed by atoms with Crippen molar-refractivity contribution in [1.82, 2.24) is 4.98 Å². The number of thiazole rings is 1. The van der Waals surface area contributed by atoms with Gasteiger partial charge in [0.2, 0.25) is 0 Å². The van der Waals surface area contributed by atoms with Crippen LogP contribution in [0.4, 0.5) is 0 Å². The van der Waals surface area contributed by atoms with Crippen LogP contribution in [-0.4, -0.2) is 10.5 Å². The molecule has 3 heteroatoms. The minimum absolute atomic E-state index is 0.141. The number of rotatable bonds is 3. The highest BCUT2D eigenvalue weighted by molar-refractivity contribution is 7.18. The first-order valence-corrected chi connectivity index (χ1v) is 7.01. The monoisotopic (exact) mass is 246 g/mol. The molecular weight excluding hydrogens is 228 g/mol. The van der Waals surface area contributed by atoms with Crippen LogP contribution in [0.1, 0.15) is 43.2 Å². The van der Waals surface area contributed by atoms with Gasteiger partial charge in [-0.05, 0) is 50.8 Å². The van der Waals surface area contributed by atoms with E-state index in [-0.39, 0.29) is 5.54 Å². The summed E-state index contributed by atoms with van der Waals surface area (Å²) in [7, 11) is 0. The standard InChI is InChI=1S/C14H18N2S/c1-14(2,15)8-9-3-6-11-12(7-9)17-13(16-11)10-4-5-10/h3,6-7,10H,4-5,8,15H2,1-2H3. The van der Waals surface area contributed by atoms with E-state index in [0.29, 0.717) is 0 Å². The van der Waals surface area contributed by atoms with Crippen LogP contribution in [0.3, 0.4) is 0 Å². The second-order valence-electron chi connectivity index (χ2n) is 5.79. The normalized spacial score (nSPS) is 16.6. The van der Waals surface area contributed by atoms with Gasteiger partial charge in [-0.15, -0.1) is 11.3 Å². The molecule has 1 aromatic carbocycles. The molecule has 0 atom stereocenters. The Morgan fingerprint density at radius 3 is 2.82 bits per heavy atom. The molecule has 0 saturated heterocycles. The maximum absolute atomic E-state index is 6.06.